The third-order valence-electron chi connectivity index (χ3n) is 2.42. The Morgan fingerprint density at radius 2 is 2.06 bits per heavy atom. The van der Waals surface area contributed by atoms with Crippen LogP contribution in [0.1, 0.15) is 26.7 Å². The van der Waals surface area contributed by atoms with Gasteiger partial charge in [0.05, 0.1) is 13.2 Å². The first kappa shape index (κ1) is 15.2. The Bertz CT molecular complexity index is 345. The third kappa shape index (κ3) is 5.65. The SMILES string of the molecule is CCCCOCCSc1cc(OCC)ccc1N. The lowest BCUT2D eigenvalue weighted by Crippen LogP contribution is -2.00. The van der Waals surface area contributed by atoms with E-state index in [2.05, 4.69) is 6.92 Å². The summed E-state index contributed by atoms with van der Waals surface area (Å²) in [6.07, 6.45) is 2.31. The fourth-order valence-electron chi connectivity index (χ4n) is 1.46. The van der Waals surface area contributed by atoms with E-state index in [4.69, 9.17) is 15.2 Å². The summed E-state index contributed by atoms with van der Waals surface area (Å²) >= 11 is 1.72. The molecular weight excluding hydrogens is 246 g/mol. The topological polar surface area (TPSA) is 44.5 Å². The van der Waals surface area contributed by atoms with E-state index in [0.717, 1.165) is 41.7 Å². The van der Waals surface area contributed by atoms with Crippen LogP contribution >= 0.6 is 11.8 Å². The number of unbranched alkanes of at least 4 members (excludes halogenated alkanes) is 1. The number of nitrogens with two attached hydrogens (primary N) is 1. The Hall–Kier alpha value is -0.870. The lowest BCUT2D eigenvalue weighted by Gasteiger charge is -2.09. The second kappa shape index (κ2) is 9.11. The standard InChI is InChI=1S/C14H23NO2S/c1-3-5-8-16-9-10-18-14-11-12(17-4-2)6-7-13(14)15/h6-7,11H,3-5,8-10,15H2,1-2H3. The van der Waals surface area contributed by atoms with Crippen LogP contribution in [0.2, 0.25) is 0 Å². The van der Waals surface area contributed by atoms with Crippen molar-refractivity contribution in [2.75, 3.05) is 31.3 Å². The Morgan fingerprint density at radius 1 is 1.22 bits per heavy atom. The van der Waals surface area contributed by atoms with Crippen molar-refractivity contribution in [1.82, 2.24) is 0 Å². The van der Waals surface area contributed by atoms with Crippen molar-refractivity contribution < 1.29 is 9.47 Å². The van der Waals surface area contributed by atoms with Gasteiger partial charge < -0.3 is 15.2 Å². The van der Waals surface area contributed by atoms with Crippen LogP contribution in [0, 0.1) is 0 Å². The molecule has 1 aromatic rings. The van der Waals surface area contributed by atoms with Gasteiger partial charge in [-0.05, 0) is 31.5 Å². The van der Waals surface area contributed by atoms with Crippen LogP contribution in [0.25, 0.3) is 0 Å². The zero-order valence-electron chi connectivity index (χ0n) is 11.3. The zero-order valence-corrected chi connectivity index (χ0v) is 12.1. The van der Waals surface area contributed by atoms with Crippen LogP contribution in [0.5, 0.6) is 5.75 Å². The molecular formula is C14H23NO2S. The third-order valence-corrected chi connectivity index (χ3v) is 3.46. The molecule has 0 atom stereocenters. The molecule has 102 valence electrons. The molecule has 0 unspecified atom stereocenters. The Balaban J connectivity index is 2.34. The number of thioether (sulfide) groups is 1. The minimum absolute atomic E-state index is 0.675. The van der Waals surface area contributed by atoms with Crippen LogP contribution in [0.4, 0.5) is 5.69 Å². The van der Waals surface area contributed by atoms with Gasteiger partial charge in [0, 0.05) is 22.9 Å². The van der Waals surface area contributed by atoms with Gasteiger partial charge in [0.15, 0.2) is 0 Å². The molecule has 0 saturated heterocycles. The van der Waals surface area contributed by atoms with Crippen molar-refractivity contribution in [2.24, 2.45) is 0 Å². The van der Waals surface area contributed by atoms with Crippen LogP contribution in [-0.4, -0.2) is 25.6 Å². The summed E-state index contributed by atoms with van der Waals surface area (Å²) in [6.45, 7) is 6.44. The van der Waals surface area contributed by atoms with E-state index in [1.54, 1.807) is 11.8 Å². The molecule has 1 rings (SSSR count). The predicted octanol–water partition coefficient (Wildman–Crippen LogP) is 3.58. The number of ether oxygens (including phenoxy) is 2. The van der Waals surface area contributed by atoms with Crippen LogP contribution in [0.15, 0.2) is 23.1 Å². The van der Waals surface area contributed by atoms with Crippen LogP contribution < -0.4 is 10.5 Å². The second-order valence-corrected chi connectivity index (χ2v) is 5.08. The number of hydrogen-bond donors (Lipinski definition) is 1. The van der Waals surface area contributed by atoms with E-state index in [0.29, 0.717) is 6.61 Å². The molecule has 0 amide bonds. The van der Waals surface area contributed by atoms with Gasteiger partial charge in [-0.15, -0.1) is 11.8 Å². The van der Waals surface area contributed by atoms with E-state index in [-0.39, 0.29) is 0 Å². The summed E-state index contributed by atoms with van der Waals surface area (Å²) in [5.74, 6) is 1.80. The van der Waals surface area contributed by atoms with E-state index >= 15 is 0 Å². The Labute approximate surface area is 114 Å². The normalized spacial score (nSPS) is 10.6. The smallest absolute Gasteiger partial charge is 0.120 e. The highest BCUT2D eigenvalue weighted by atomic mass is 32.2. The Morgan fingerprint density at radius 3 is 2.78 bits per heavy atom. The summed E-state index contributed by atoms with van der Waals surface area (Å²) in [6, 6.07) is 5.79. The first-order valence-electron chi connectivity index (χ1n) is 6.50. The summed E-state index contributed by atoms with van der Waals surface area (Å²) in [5.41, 5.74) is 6.73. The van der Waals surface area contributed by atoms with E-state index in [1.165, 1.54) is 6.42 Å². The fraction of sp³-hybridized carbons (Fsp3) is 0.571. The molecule has 4 heteroatoms. The molecule has 0 bridgehead atoms. The molecule has 18 heavy (non-hydrogen) atoms. The molecule has 0 aromatic heterocycles. The van der Waals surface area contributed by atoms with Gasteiger partial charge in [-0.2, -0.15) is 0 Å². The molecule has 0 aliphatic rings. The number of nitrogen functional groups attached to an aromatic ring is 1. The first-order chi connectivity index (χ1) is 8.77. The lowest BCUT2D eigenvalue weighted by molar-refractivity contribution is 0.147. The van der Waals surface area contributed by atoms with Crippen molar-refractivity contribution in [3.8, 4) is 5.75 Å². The van der Waals surface area contributed by atoms with Gasteiger partial charge in [-0.25, -0.2) is 0 Å². The largest absolute Gasteiger partial charge is 0.494 e. The van der Waals surface area contributed by atoms with Gasteiger partial charge in [0.2, 0.25) is 0 Å². The molecule has 2 N–H and O–H groups in total. The average molecular weight is 269 g/mol. The maximum Gasteiger partial charge on any atom is 0.120 e. The van der Waals surface area contributed by atoms with Gasteiger partial charge >= 0.3 is 0 Å². The van der Waals surface area contributed by atoms with Gasteiger partial charge in [0.1, 0.15) is 5.75 Å². The predicted molar refractivity (Wildman–Crippen MR) is 78.5 cm³/mol. The highest BCUT2D eigenvalue weighted by Crippen LogP contribution is 2.29. The highest BCUT2D eigenvalue weighted by Gasteiger charge is 2.02. The summed E-state index contributed by atoms with van der Waals surface area (Å²) in [4.78, 5) is 1.07. The van der Waals surface area contributed by atoms with E-state index in [9.17, 15) is 0 Å². The maximum absolute atomic E-state index is 5.93. The van der Waals surface area contributed by atoms with Crippen molar-refractivity contribution in [3.63, 3.8) is 0 Å². The van der Waals surface area contributed by atoms with Gasteiger partial charge in [-0.1, -0.05) is 13.3 Å². The molecule has 0 aliphatic carbocycles. The monoisotopic (exact) mass is 269 g/mol. The summed E-state index contributed by atoms with van der Waals surface area (Å²) in [7, 11) is 0. The molecule has 0 heterocycles. The summed E-state index contributed by atoms with van der Waals surface area (Å²) in [5, 5.41) is 0. The van der Waals surface area contributed by atoms with Crippen molar-refractivity contribution >= 4 is 17.4 Å². The fourth-order valence-corrected chi connectivity index (χ4v) is 2.31. The molecule has 0 radical (unpaired) electrons. The van der Waals surface area contributed by atoms with Crippen LogP contribution in [0.3, 0.4) is 0 Å². The average Bonchev–Trinajstić information content (AvgIpc) is 2.37. The minimum atomic E-state index is 0.675. The van der Waals surface area contributed by atoms with Crippen LogP contribution in [-0.2, 0) is 4.74 Å². The van der Waals surface area contributed by atoms with Crippen molar-refractivity contribution in [1.29, 1.82) is 0 Å². The van der Waals surface area contributed by atoms with Gasteiger partial charge in [-0.3, -0.25) is 0 Å². The van der Waals surface area contributed by atoms with Crippen molar-refractivity contribution in [3.05, 3.63) is 18.2 Å². The maximum atomic E-state index is 5.93. The molecule has 0 saturated carbocycles. The summed E-state index contributed by atoms with van der Waals surface area (Å²) < 4.78 is 11.0. The molecule has 0 aliphatic heterocycles. The molecule has 1 aromatic carbocycles. The number of anilines is 1. The zero-order chi connectivity index (χ0) is 13.2. The Kier molecular flexibility index (Phi) is 7.69. The molecule has 0 fully saturated rings. The first-order valence-corrected chi connectivity index (χ1v) is 7.49. The molecule has 0 spiro atoms. The second-order valence-electron chi connectivity index (χ2n) is 3.95. The quantitative estimate of drug-likeness (QED) is 0.423. The number of benzene rings is 1. The van der Waals surface area contributed by atoms with Crippen molar-refractivity contribution in [2.45, 2.75) is 31.6 Å². The van der Waals surface area contributed by atoms with E-state index < -0.39 is 0 Å². The minimum Gasteiger partial charge on any atom is -0.494 e. The number of hydrogen-bond acceptors (Lipinski definition) is 4. The number of rotatable bonds is 9. The highest BCUT2D eigenvalue weighted by molar-refractivity contribution is 7.99. The van der Waals surface area contributed by atoms with Gasteiger partial charge in [0.25, 0.3) is 0 Å². The van der Waals surface area contributed by atoms with E-state index in [1.807, 2.05) is 25.1 Å². The molecule has 3 nitrogen and oxygen atoms in total. The lowest BCUT2D eigenvalue weighted by atomic mass is 10.3.